The zero-order valence-corrected chi connectivity index (χ0v) is 21.2. The van der Waals surface area contributed by atoms with Gasteiger partial charge in [0.15, 0.2) is 0 Å². The summed E-state index contributed by atoms with van der Waals surface area (Å²) in [6, 6.07) is 19.5. The van der Waals surface area contributed by atoms with Gasteiger partial charge >= 0.3 is 0 Å². The van der Waals surface area contributed by atoms with E-state index in [0.29, 0.717) is 28.6 Å². The van der Waals surface area contributed by atoms with E-state index in [0.717, 1.165) is 5.56 Å². The largest absolute Gasteiger partial charge is 0.497 e. The SMILES string of the molecule is CCC(C(=O)Nc1ccc(OC)cc1)N(Cc1ccc(Cl)cc1)C(=O)CN1C(=O)C(=O)c2ccccc21. The number of nitrogens with zero attached hydrogens (tertiary/aromatic N) is 2. The molecule has 0 saturated carbocycles. The molecule has 4 rings (SSSR count). The monoisotopic (exact) mass is 519 g/mol. The Labute approximate surface area is 219 Å². The molecule has 0 aromatic heterocycles. The predicted octanol–water partition coefficient (Wildman–Crippen LogP) is 4.32. The molecule has 0 saturated heterocycles. The molecule has 9 heteroatoms. The topological polar surface area (TPSA) is 96.0 Å². The number of carbonyl (C=O) groups is 4. The van der Waals surface area contributed by atoms with Gasteiger partial charge in [-0.1, -0.05) is 42.8 Å². The number of rotatable bonds is 9. The smallest absolute Gasteiger partial charge is 0.299 e. The number of benzene rings is 3. The number of ketones is 1. The number of hydrogen-bond acceptors (Lipinski definition) is 5. The first-order chi connectivity index (χ1) is 17.8. The molecular formula is C28H26ClN3O5. The average molecular weight is 520 g/mol. The Morgan fingerprint density at radius 3 is 2.32 bits per heavy atom. The van der Waals surface area contributed by atoms with Gasteiger partial charge < -0.3 is 15.0 Å². The summed E-state index contributed by atoms with van der Waals surface area (Å²) in [5, 5.41) is 3.40. The van der Waals surface area contributed by atoms with E-state index in [1.807, 2.05) is 0 Å². The Morgan fingerprint density at radius 1 is 1.00 bits per heavy atom. The summed E-state index contributed by atoms with van der Waals surface area (Å²) < 4.78 is 5.16. The van der Waals surface area contributed by atoms with Gasteiger partial charge in [-0.25, -0.2) is 0 Å². The van der Waals surface area contributed by atoms with Gasteiger partial charge in [-0.05, 0) is 60.5 Å². The Balaban J connectivity index is 1.61. The van der Waals surface area contributed by atoms with Gasteiger partial charge in [0.25, 0.3) is 11.7 Å². The highest BCUT2D eigenvalue weighted by Crippen LogP contribution is 2.29. The summed E-state index contributed by atoms with van der Waals surface area (Å²) in [6.45, 7) is 1.55. The van der Waals surface area contributed by atoms with E-state index in [4.69, 9.17) is 16.3 Å². The van der Waals surface area contributed by atoms with Crippen LogP contribution in [-0.4, -0.2) is 48.1 Å². The lowest BCUT2D eigenvalue weighted by Crippen LogP contribution is -2.50. The number of halogens is 1. The molecule has 0 bridgehead atoms. The highest BCUT2D eigenvalue weighted by atomic mass is 35.5. The van der Waals surface area contributed by atoms with Crippen LogP contribution in [0.25, 0.3) is 0 Å². The predicted molar refractivity (Wildman–Crippen MR) is 141 cm³/mol. The van der Waals surface area contributed by atoms with Crippen molar-refractivity contribution < 1.29 is 23.9 Å². The molecule has 8 nitrogen and oxygen atoms in total. The van der Waals surface area contributed by atoms with Crippen molar-refractivity contribution in [3.05, 3.63) is 88.9 Å². The van der Waals surface area contributed by atoms with Crippen molar-refractivity contribution in [1.29, 1.82) is 0 Å². The molecule has 0 spiro atoms. The van der Waals surface area contributed by atoms with E-state index >= 15 is 0 Å². The maximum Gasteiger partial charge on any atom is 0.299 e. The van der Waals surface area contributed by atoms with E-state index in [2.05, 4.69) is 5.32 Å². The fraction of sp³-hybridized carbons (Fsp3) is 0.214. The molecule has 1 unspecified atom stereocenters. The summed E-state index contributed by atoms with van der Waals surface area (Å²) in [5.74, 6) is -1.62. The Bertz CT molecular complexity index is 1320. The molecule has 3 amide bonds. The Hall–Kier alpha value is -4.17. The molecule has 1 atom stereocenters. The number of hydrogen-bond donors (Lipinski definition) is 1. The van der Waals surface area contributed by atoms with Crippen molar-refractivity contribution in [3.8, 4) is 5.75 Å². The van der Waals surface area contributed by atoms with Crippen molar-refractivity contribution in [2.45, 2.75) is 25.9 Å². The van der Waals surface area contributed by atoms with Crippen LogP contribution in [0, 0.1) is 0 Å². The molecule has 0 fully saturated rings. The van der Waals surface area contributed by atoms with Crippen molar-refractivity contribution in [1.82, 2.24) is 4.90 Å². The Morgan fingerprint density at radius 2 is 1.68 bits per heavy atom. The number of anilines is 2. The van der Waals surface area contributed by atoms with E-state index in [1.54, 1.807) is 86.8 Å². The first-order valence-corrected chi connectivity index (χ1v) is 12.1. The quantitative estimate of drug-likeness (QED) is 0.425. The van der Waals surface area contributed by atoms with E-state index < -0.39 is 23.6 Å². The zero-order chi connectivity index (χ0) is 26.5. The summed E-state index contributed by atoms with van der Waals surface area (Å²) in [4.78, 5) is 54.7. The maximum atomic E-state index is 13.7. The van der Waals surface area contributed by atoms with Gasteiger partial charge in [0.2, 0.25) is 11.8 Å². The number of Topliss-reactive ketones (excluding diaryl/α,β-unsaturated/α-hetero) is 1. The molecule has 0 aliphatic carbocycles. The molecule has 1 aliphatic heterocycles. The standard InChI is InChI=1S/C28H26ClN3O5/c1-3-23(27(35)30-20-12-14-21(37-2)15-13-20)31(16-18-8-10-19(29)11-9-18)25(33)17-32-24-7-5-4-6-22(24)26(34)28(32)36/h4-15,23H,3,16-17H2,1-2H3,(H,30,35). The van der Waals surface area contributed by atoms with Gasteiger partial charge in [-0.3, -0.25) is 24.1 Å². The van der Waals surface area contributed by atoms with Crippen LogP contribution in [0.2, 0.25) is 5.02 Å². The second-order valence-electron chi connectivity index (χ2n) is 8.53. The van der Waals surface area contributed by atoms with E-state index in [1.165, 1.54) is 9.80 Å². The number of fused-ring (bicyclic) bond motifs is 1. The molecule has 190 valence electrons. The van der Waals surface area contributed by atoms with E-state index in [-0.39, 0.29) is 24.6 Å². The van der Waals surface area contributed by atoms with E-state index in [9.17, 15) is 19.2 Å². The van der Waals surface area contributed by atoms with Crippen LogP contribution in [0.3, 0.4) is 0 Å². The summed E-state index contributed by atoms with van der Waals surface area (Å²) in [7, 11) is 1.55. The van der Waals surface area contributed by atoms with Gasteiger partial charge in [0.1, 0.15) is 18.3 Å². The summed E-state index contributed by atoms with van der Waals surface area (Å²) >= 11 is 6.02. The fourth-order valence-electron chi connectivity index (χ4n) is 4.24. The number of nitrogens with one attached hydrogen (secondary N) is 1. The van der Waals surface area contributed by atoms with Crippen LogP contribution in [-0.2, 0) is 20.9 Å². The number of ether oxygens (including phenoxy) is 1. The van der Waals surface area contributed by atoms with Crippen LogP contribution in [0.4, 0.5) is 11.4 Å². The molecule has 1 aliphatic rings. The third-order valence-electron chi connectivity index (χ3n) is 6.18. The van der Waals surface area contributed by atoms with Crippen LogP contribution in [0.15, 0.2) is 72.8 Å². The third-order valence-corrected chi connectivity index (χ3v) is 6.43. The molecule has 0 radical (unpaired) electrons. The fourth-order valence-corrected chi connectivity index (χ4v) is 4.36. The molecular weight excluding hydrogens is 494 g/mol. The number of methoxy groups -OCH3 is 1. The molecule has 37 heavy (non-hydrogen) atoms. The first kappa shape index (κ1) is 25.9. The summed E-state index contributed by atoms with van der Waals surface area (Å²) in [5.41, 5.74) is 1.96. The minimum Gasteiger partial charge on any atom is -0.497 e. The van der Waals surface area contributed by atoms with Gasteiger partial charge in [0.05, 0.1) is 18.4 Å². The molecule has 3 aromatic rings. The number of amides is 3. The minimum absolute atomic E-state index is 0.113. The molecule has 1 heterocycles. The lowest BCUT2D eigenvalue weighted by Gasteiger charge is -2.32. The number of para-hydroxylation sites is 1. The van der Waals surface area contributed by atoms with Crippen LogP contribution < -0.4 is 15.0 Å². The maximum absolute atomic E-state index is 13.7. The lowest BCUT2D eigenvalue weighted by atomic mass is 10.1. The normalized spacial score (nSPS) is 13.2. The number of carbonyl (C=O) groups excluding carboxylic acids is 4. The lowest BCUT2D eigenvalue weighted by molar-refractivity contribution is -0.138. The van der Waals surface area contributed by atoms with Crippen LogP contribution in [0.5, 0.6) is 5.75 Å². The van der Waals surface area contributed by atoms with Gasteiger partial charge in [0, 0.05) is 17.3 Å². The van der Waals surface area contributed by atoms with Gasteiger partial charge in [-0.15, -0.1) is 0 Å². The van der Waals surface area contributed by atoms with Crippen molar-refractivity contribution >= 4 is 46.5 Å². The summed E-state index contributed by atoms with van der Waals surface area (Å²) in [6.07, 6.45) is 0.324. The molecule has 3 aromatic carbocycles. The minimum atomic E-state index is -0.839. The van der Waals surface area contributed by atoms with Gasteiger partial charge in [-0.2, -0.15) is 0 Å². The van der Waals surface area contributed by atoms with Crippen molar-refractivity contribution in [2.24, 2.45) is 0 Å². The third kappa shape index (κ3) is 5.65. The highest BCUT2D eigenvalue weighted by molar-refractivity contribution is 6.52. The van der Waals surface area contributed by atoms with Crippen molar-refractivity contribution in [3.63, 3.8) is 0 Å². The second kappa shape index (κ2) is 11.3. The average Bonchev–Trinajstić information content (AvgIpc) is 3.15. The van der Waals surface area contributed by atoms with Crippen LogP contribution in [0.1, 0.15) is 29.3 Å². The second-order valence-corrected chi connectivity index (χ2v) is 8.96. The highest BCUT2D eigenvalue weighted by Gasteiger charge is 2.38. The Kier molecular flexibility index (Phi) is 7.89. The molecule has 1 N–H and O–H groups in total. The van der Waals surface area contributed by atoms with Crippen LogP contribution >= 0.6 is 11.6 Å². The zero-order valence-electron chi connectivity index (χ0n) is 20.4. The first-order valence-electron chi connectivity index (χ1n) is 11.8. The van der Waals surface area contributed by atoms with Crippen molar-refractivity contribution in [2.75, 3.05) is 23.9 Å².